The number of phosphoric ester groups is 1. The predicted molar refractivity (Wildman–Crippen MR) is 103 cm³/mol. The van der Waals surface area contributed by atoms with Gasteiger partial charge in [-0.15, -0.1) is 11.8 Å². The van der Waals surface area contributed by atoms with E-state index in [1.165, 1.54) is 0 Å². The van der Waals surface area contributed by atoms with Crippen molar-refractivity contribution in [1.29, 1.82) is 0 Å². The minimum absolute atomic E-state index is 0.00555. The van der Waals surface area contributed by atoms with Crippen LogP contribution in [0.3, 0.4) is 0 Å². The van der Waals surface area contributed by atoms with Gasteiger partial charge < -0.3 is 34.5 Å². The second-order valence-corrected chi connectivity index (χ2v) is 11.0. The third-order valence-corrected chi connectivity index (χ3v) is 8.15. The molecule has 3 rings (SSSR count). The monoisotopic (exact) mass is 542 g/mol. The molecule has 1 aliphatic rings. The number of ether oxygens (including phenoxy) is 1. The third-order valence-electron chi connectivity index (χ3n) is 3.85. The van der Waals surface area contributed by atoms with E-state index >= 15 is 0 Å². The maximum atomic E-state index is 11.9. The molecule has 1 aliphatic heterocycles. The smallest absolute Gasteiger partial charge is 0.387 e. The zero-order valence-corrected chi connectivity index (χ0v) is 18.8. The first-order valence-electron chi connectivity index (χ1n) is 9.54. The zero-order chi connectivity index (χ0) is 26.4. The van der Waals surface area contributed by atoms with Gasteiger partial charge in [-0.3, -0.25) is 9.09 Å². The van der Waals surface area contributed by atoms with E-state index in [1.807, 2.05) is 0 Å². The number of imidazole rings is 1. The van der Waals surface area contributed by atoms with Gasteiger partial charge in [0.25, 0.3) is 0 Å². The summed E-state index contributed by atoms with van der Waals surface area (Å²) in [5.41, 5.74) is 0.0761. The van der Waals surface area contributed by atoms with Crippen LogP contribution in [-0.2, 0) is 31.6 Å². The standard InChI is InChI=1S/C11H17N4O13P3S/c1-32-10-6-9(12-3-13-10)15(4-14-6)11-8(17)7(16)5(26-11)2-25-30(21,22)28-31(23,24)27-29(18,19)20/h3-5,7-8,11,16-17H,2H2,1H3,(H,21,22)(H,23,24)(H2,18,19,20)/t5-,7-,8-,11-/m1/s1/i1+1D3. The molecule has 180 valence electrons. The fraction of sp³-hybridized carbons (Fsp3) is 0.545. The molecule has 6 atom stereocenters. The Kier molecular flexibility index (Phi) is 6.41. The SMILES string of the molecule is [2H][13C]([2H])([2H])Sc1ncnc2c1ncn2[C@@H]1O[C@H](COP(=O)(O)OP(=O)(O)OP(=O)(O)O)[C@@H](O)[C@H]1O. The first kappa shape index (κ1) is 21.7. The lowest BCUT2D eigenvalue weighted by Gasteiger charge is -2.19. The third kappa shape index (κ3) is 6.00. The molecule has 0 radical (unpaired) electrons. The number of hydrogen-bond acceptors (Lipinski definition) is 13. The van der Waals surface area contributed by atoms with Crippen LogP contribution in [0.15, 0.2) is 17.7 Å². The summed E-state index contributed by atoms with van der Waals surface area (Å²) < 4.78 is 74.1. The molecular weight excluding hydrogens is 522 g/mol. The normalized spacial score (nSPS) is 29.8. The quantitative estimate of drug-likeness (QED) is 0.101. The van der Waals surface area contributed by atoms with E-state index in [0.717, 1.165) is 17.2 Å². The van der Waals surface area contributed by atoms with Crippen molar-refractivity contribution in [1.82, 2.24) is 19.5 Å². The summed E-state index contributed by atoms with van der Waals surface area (Å²) in [7, 11) is -16.8. The second-order valence-electron chi connectivity index (χ2n) is 6.04. The number of phosphoric acid groups is 3. The lowest BCUT2D eigenvalue weighted by molar-refractivity contribution is -0.0503. The molecule has 0 aliphatic carbocycles. The van der Waals surface area contributed by atoms with Crippen LogP contribution in [-0.4, -0.2) is 80.4 Å². The number of fused-ring (bicyclic) bond motifs is 1. The largest absolute Gasteiger partial charge is 0.490 e. The van der Waals surface area contributed by atoms with E-state index in [4.69, 9.17) is 23.5 Å². The van der Waals surface area contributed by atoms with Gasteiger partial charge in [-0.05, 0) is 6.18 Å². The first-order valence-corrected chi connectivity index (χ1v) is 13.4. The number of rotatable bonds is 9. The Morgan fingerprint density at radius 2 is 1.84 bits per heavy atom. The number of hydrogen-bond donors (Lipinski definition) is 6. The highest BCUT2D eigenvalue weighted by Crippen LogP contribution is 2.66. The summed E-state index contributed by atoms with van der Waals surface area (Å²) in [6, 6.07) is 0. The lowest BCUT2D eigenvalue weighted by Crippen LogP contribution is -2.33. The Bertz CT molecular complexity index is 1230. The van der Waals surface area contributed by atoms with E-state index in [1.54, 1.807) is 0 Å². The van der Waals surface area contributed by atoms with Crippen molar-refractivity contribution < 1.29 is 65.5 Å². The van der Waals surface area contributed by atoms with Crippen molar-refractivity contribution in [2.24, 2.45) is 0 Å². The highest BCUT2D eigenvalue weighted by molar-refractivity contribution is 7.98. The Hall–Kier alpha value is -0.810. The number of aliphatic hydroxyl groups is 2. The Morgan fingerprint density at radius 1 is 1.12 bits per heavy atom. The fourth-order valence-electron chi connectivity index (χ4n) is 2.66. The van der Waals surface area contributed by atoms with E-state index < -0.39 is 60.8 Å². The number of thioether (sulfide) groups is 1. The van der Waals surface area contributed by atoms with Crippen molar-refractivity contribution in [2.75, 3.05) is 12.8 Å². The van der Waals surface area contributed by atoms with E-state index in [0.29, 0.717) is 11.8 Å². The summed E-state index contributed by atoms with van der Waals surface area (Å²) in [6.07, 6.45) is -6.64. The van der Waals surface area contributed by atoms with Crippen LogP contribution in [0.4, 0.5) is 0 Å². The second kappa shape index (κ2) is 9.44. The van der Waals surface area contributed by atoms with E-state index in [9.17, 15) is 28.8 Å². The summed E-state index contributed by atoms with van der Waals surface area (Å²) in [6.45, 7) is -1.01. The first-order chi connectivity index (χ1) is 15.9. The van der Waals surface area contributed by atoms with Crippen molar-refractivity contribution in [2.45, 2.75) is 29.6 Å². The maximum Gasteiger partial charge on any atom is 0.490 e. The average Bonchev–Trinajstić information content (AvgIpc) is 3.19. The van der Waals surface area contributed by atoms with Gasteiger partial charge in [-0.2, -0.15) is 8.62 Å². The van der Waals surface area contributed by atoms with Crippen LogP contribution in [0.2, 0.25) is 0 Å². The van der Waals surface area contributed by atoms with Crippen molar-refractivity contribution in [3.63, 3.8) is 0 Å². The molecular formula is C11H17N4O13P3S. The summed E-state index contributed by atoms with van der Waals surface area (Å²) in [5.74, 6) is 0. The van der Waals surface area contributed by atoms with Gasteiger partial charge in [0, 0.05) is 4.11 Å². The lowest BCUT2D eigenvalue weighted by atomic mass is 10.1. The van der Waals surface area contributed by atoms with Crippen molar-refractivity contribution in [3.8, 4) is 0 Å². The molecule has 17 nitrogen and oxygen atoms in total. The summed E-state index contributed by atoms with van der Waals surface area (Å²) in [5, 5.41) is 20.6. The van der Waals surface area contributed by atoms with Crippen LogP contribution in [0, 0.1) is 0 Å². The van der Waals surface area contributed by atoms with Gasteiger partial charge in [-0.1, -0.05) is 0 Å². The molecule has 0 bridgehead atoms. The van der Waals surface area contributed by atoms with Crippen LogP contribution in [0.25, 0.3) is 11.2 Å². The topological polar surface area (TPSA) is 253 Å². The summed E-state index contributed by atoms with van der Waals surface area (Å²) >= 11 is 0.432. The molecule has 3 heterocycles. The van der Waals surface area contributed by atoms with E-state index in [-0.39, 0.29) is 16.2 Å². The molecule has 0 saturated carbocycles. The molecule has 1 saturated heterocycles. The van der Waals surface area contributed by atoms with E-state index in [2.05, 4.69) is 28.1 Å². The van der Waals surface area contributed by atoms with Crippen molar-refractivity contribution in [3.05, 3.63) is 12.7 Å². The highest BCUT2D eigenvalue weighted by Gasteiger charge is 2.47. The fourth-order valence-corrected chi connectivity index (χ4v) is 6.03. The van der Waals surface area contributed by atoms with Crippen molar-refractivity contribution >= 4 is 46.4 Å². The number of aromatic nitrogens is 4. The average molecular weight is 542 g/mol. The molecule has 0 amide bonds. The Morgan fingerprint density at radius 3 is 2.50 bits per heavy atom. The van der Waals surface area contributed by atoms with Gasteiger partial charge in [0.05, 0.1) is 12.9 Å². The highest BCUT2D eigenvalue weighted by atomic mass is 32.2. The van der Waals surface area contributed by atoms with Gasteiger partial charge in [-0.25, -0.2) is 28.6 Å². The molecule has 2 aromatic heterocycles. The molecule has 21 heteroatoms. The molecule has 0 spiro atoms. The van der Waals surface area contributed by atoms with Crippen LogP contribution >= 0.6 is 35.2 Å². The molecule has 1 fully saturated rings. The number of nitrogens with zero attached hydrogens (tertiary/aromatic N) is 4. The van der Waals surface area contributed by atoms with Gasteiger partial charge in [0.15, 0.2) is 11.9 Å². The number of aliphatic hydroxyl groups excluding tert-OH is 2. The zero-order valence-electron chi connectivity index (χ0n) is 18.3. The molecule has 2 aromatic rings. The summed E-state index contributed by atoms with van der Waals surface area (Å²) in [4.78, 5) is 47.6. The minimum atomic E-state index is -5.75. The minimum Gasteiger partial charge on any atom is -0.387 e. The van der Waals surface area contributed by atoms with Crippen LogP contribution < -0.4 is 0 Å². The van der Waals surface area contributed by atoms with Gasteiger partial charge in [0.1, 0.15) is 35.2 Å². The Labute approximate surface area is 187 Å². The van der Waals surface area contributed by atoms with Crippen LogP contribution in [0.1, 0.15) is 10.3 Å². The van der Waals surface area contributed by atoms with Crippen LogP contribution in [0.5, 0.6) is 0 Å². The molecule has 2 unspecified atom stereocenters. The molecule has 6 N–H and O–H groups in total. The molecule has 32 heavy (non-hydrogen) atoms. The van der Waals surface area contributed by atoms with Gasteiger partial charge in [0.2, 0.25) is 0 Å². The predicted octanol–water partition coefficient (Wildman–Crippen LogP) is -0.489. The maximum absolute atomic E-state index is 11.9. The Balaban J connectivity index is 1.73. The van der Waals surface area contributed by atoms with Gasteiger partial charge >= 0.3 is 23.5 Å². The molecule has 0 aromatic carbocycles.